The molecule has 2 aromatic rings. The van der Waals surface area contributed by atoms with E-state index >= 15 is 0 Å². The van der Waals surface area contributed by atoms with Crippen LogP contribution in [0.15, 0.2) is 18.5 Å². The van der Waals surface area contributed by atoms with Crippen molar-refractivity contribution in [1.29, 1.82) is 0 Å². The van der Waals surface area contributed by atoms with Gasteiger partial charge >= 0.3 is 0 Å². The van der Waals surface area contributed by atoms with Gasteiger partial charge in [0.15, 0.2) is 0 Å². The fourth-order valence-electron chi connectivity index (χ4n) is 0.941. The highest BCUT2D eigenvalue weighted by Crippen LogP contribution is 2.06. The van der Waals surface area contributed by atoms with Crippen LogP contribution in [0.4, 0.5) is 0 Å². The molecule has 0 aliphatic heterocycles. The first-order valence-electron chi connectivity index (χ1n) is 3.02. The van der Waals surface area contributed by atoms with E-state index in [-0.39, 0.29) is 0 Å². The van der Waals surface area contributed by atoms with Gasteiger partial charge in [0.1, 0.15) is 5.52 Å². The average Bonchev–Trinajstić information content (AvgIpc) is 2.27. The van der Waals surface area contributed by atoms with Crippen LogP contribution in [0.5, 0.6) is 0 Å². The minimum atomic E-state index is 0.918. The highest BCUT2D eigenvalue weighted by atomic mass is 15.2. The number of fused-ring (bicyclic) bond motifs is 1. The van der Waals surface area contributed by atoms with E-state index in [9.17, 15) is 0 Å². The van der Waals surface area contributed by atoms with Crippen LogP contribution in [-0.4, -0.2) is 14.8 Å². The molecule has 10 heavy (non-hydrogen) atoms. The summed E-state index contributed by atoms with van der Waals surface area (Å²) in [4.78, 5) is 3.83. The number of pyridine rings is 1. The Morgan fingerprint density at radius 2 is 2.50 bits per heavy atom. The van der Waals surface area contributed by atoms with E-state index in [0.29, 0.717) is 0 Å². The minimum Gasteiger partial charge on any atom is -0.275 e. The maximum absolute atomic E-state index is 4.15. The Balaban J connectivity index is 2.88. The number of hydrogen-bond donors (Lipinski definition) is 0. The van der Waals surface area contributed by atoms with Crippen LogP contribution in [0, 0.1) is 6.20 Å². The summed E-state index contributed by atoms with van der Waals surface area (Å²) in [7, 11) is 1.89. The fraction of sp³-hybridized carbons (Fsp3) is 0.143. The van der Waals surface area contributed by atoms with Crippen LogP contribution in [-0.2, 0) is 7.05 Å². The molecule has 0 unspecified atom stereocenters. The quantitative estimate of drug-likeness (QED) is 0.530. The lowest BCUT2D eigenvalue weighted by molar-refractivity contribution is 0.779. The second-order valence-corrected chi connectivity index (χ2v) is 2.17. The largest absolute Gasteiger partial charge is 0.275 e. The number of aryl methyl sites for hydroxylation is 1. The molecule has 0 saturated heterocycles. The van der Waals surface area contributed by atoms with Gasteiger partial charge in [-0.15, -0.1) is 0 Å². The monoisotopic (exact) mass is 132 g/mol. The SMILES string of the molecule is Cn1cc2c[c]ncc2n1. The Morgan fingerprint density at radius 1 is 1.60 bits per heavy atom. The van der Waals surface area contributed by atoms with Crippen molar-refractivity contribution >= 4 is 10.9 Å². The molecule has 1 radical (unpaired) electrons. The van der Waals surface area contributed by atoms with Crippen molar-refractivity contribution in [1.82, 2.24) is 14.8 Å². The van der Waals surface area contributed by atoms with Crippen molar-refractivity contribution in [3.63, 3.8) is 0 Å². The van der Waals surface area contributed by atoms with Crippen LogP contribution in [0.2, 0.25) is 0 Å². The van der Waals surface area contributed by atoms with E-state index < -0.39 is 0 Å². The summed E-state index contributed by atoms with van der Waals surface area (Å²) in [6.45, 7) is 0. The summed E-state index contributed by atoms with van der Waals surface area (Å²) in [6, 6.07) is 1.82. The van der Waals surface area contributed by atoms with Gasteiger partial charge in [-0.25, -0.2) is 0 Å². The molecule has 0 bridgehead atoms. The number of rotatable bonds is 0. The Labute approximate surface area is 58.3 Å². The van der Waals surface area contributed by atoms with Gasteiger partial charge < -0.3 is 0 Å². The Kier molecular flexibility index (Phi) is 0.974. The summed E-state index contributed by atoms with van der Waals surface area (Å²) in [5.41, 5.74) is 0.918. The van der Waals surface area contributed by atoms with Gasteiger partial charge in [-0.05, 0) is 6.07 Å². The van der Waals surface area contributed by atoms with Crippen LogP contribution >= 0.6 is 0 Å². The van der Waals surface area contributed by atoms with E-state index in [2.05, 4.69) is 16.3 Å². The Morgan fingerprint density at radius 3 is 3.30 bits per heavy atom. The third-order valence-corrected chi connectivity index (χ3v) is 1.37. The standard InChI is InChI=1S/C7H6N3/c1-10-5-6-2-3-8-4-7(6)9-10/h2,4-5H,1H3. The van der Waals surface area contributed by atoms with Gasteiger partial charge in [0.2, 0.25) is 0 Å². The molecule has 2 heterocycles. The Bertz CT molecular complexity index is 317. The van der Waals surface area contributed by atoms with E-state index in [1.807, 2.05) is 19.3 Å². The lowest BCUT2D eigenvalue weighted by Gasteiger charge is -1.79. The van der Waals surface area contributed by atoms with Crippen molar-refractivity contribution in [3.05, 3.63) is 24.7 Å². The first-order valence-corrected chi connectivity index (χ1v) is 3.02. The van der Waals surface area contributed by atoms with Gasteiger partial charge in [-0.2, -0.15) is 5.10 Å². The second-order valence-electron chi connectivity index (χ2n) is 2.17. The van der Waals surface area contributed by atoms with E-state index in [1.165, 1.54) is 0 Å². The Hall–Kier alpha value is -1.38. The molecule has 49 valence electrons. The fourth-order valence-corrected chi connectivity index (χ4v) is 0.941. The molecule has 0 aromatic carbocycles. The highest BCUT2D eigenvalue weighted by Gasteiger charge is 1.94. The number of aromatic nitrogens is 3. The maximum Gasteiger partial charge on any atom is 0.111 e. The first kappa shape index (κ1) is 5.41. The molecule has 2 rings (SSSR count). The van der Waals surface area contributed by atoms with Crippen LogP contribution < -0.4 is 0 Å². The van der Waals surface area contributed by atoms with Crippen LogP contribution in [0.25, 0.3) is 10.9 Å². The van der Waals surface area contributed by atoms with Gasteiger partial charge in [0, 0.05) is 18.6 Å². The predicted molar refractivity (Wildman–Crippen MR) is 37.3 cm³/mol. The first-order chi connectivity index (χ1) is 4.86. The molecule has 0 aliphatic rings. The lowest BCUT2D eigenvalue weighted by Crippen LogP contribution is -1.84. The third-order valence-electron chi connectivity index (χ3n) is 1.37. The van der Waals surface area contributed by atoms with Crippen LogP contribution in [0.3, 0.4) is 0 Å². The average molecular weight is 132 g/mol. The van der Waals surface area contributed by atoms with Crippen LogP contribution in [0.1, 0.15) is 0 Å². The molecular formula is C7H6N3. The smallest absolute Gasteiger partial charge is 0.111 e. The number of nitrogens with zero attached hydrogens (tertiary/aromatic N) is 3. The van der Waals surface area contributed by atoms with E-state index in [0.717, 1.165) is 10.9 Å². The van der Waals surface area contributed by atoms with E-state index in [1.54, 1.807) is 10.9 Å². The topological polar surface area (TPSA) is 30.7 Å². The molecule has 0 aliphatic carbocycles. The van der Waals surface area contributed by atoms with Gasteiger partial charge in [-0.1, -0.05) is 0 Å². The molecule has 3 nitrogen and oxygen atoms in total. The van der Waals surface area contributed by atoms with Crippen molar-refractivity contribution in [2.24, 2.45) is 7.05 Å². The molecule has 0 fully saturated rings. The predicted octanol–water partition coefficient (Wildman–Crippen LogP) is 0.768. The number of hydrogen-bond acceptors (Lipinski definition) is 2. The third kappa shape index (κ3) is 0.673. The summed E-state index contributed by atoms with van der Waals surface area (Å²) in [5.74, 6) is 0. The molecule has 0 saturated carbocycles. The maximum atomic E-state index is 4.15. The van der Waals surface area contributed by atoms with Gasteiger partial charge in [0.25, 0.3) is 0 Å². The van der Waals surface area contributed by atoms with Gasteiger partial charge in [-0.3, -0.25) is 9.67 Å². The normalized spacial score (nSPS) is 10.5. The van der Waals surface area contributed by atoms with Crippen molar-refractivity contribution in [2.75, 3.05) is 0 Å². The molecule has 2 aromatic heterocycles. The molecule has 3 heteroatoms. The zero-order valence-corrected chi connectivity index (χ0v) is 5.57. The summed E-state index contributed by atoms with van der Waals surface area (Å²) < 4.78 is 1.76. The zero-order chi connectivity index (χ0) is 6.97. The summed E-state index contributed by atoms with van der Waals surface area (Å²) >= 11 is 0. The summed E-state index contributed by atoms with van der Waals surface area (Å²) in [5, 5.41) is 5.23. The molecule has 0 spiro atoms. The molecule has 0 atom stereocenters. The molecular weight excluding hydrogens is 126 g/mol. The molecule has 0 amide bonds. The second kappa shape index (κ2) is 1.80. The minimum absolute atomic E-state index is 0.918. The van der Waals surface area contributed by atoms with Crippen molar-refractivity contribution < 1.29 is 0 Å². The van der Waals surface area contributed by atoms with Gasteiger partial charge in [0.05, 0.1) is 12.4 Å². The van der Waals surface area contributed by atoms with E-state index in [4.69, 9.17) is 0 Å². The van der Waals surface area contributed by atoms with Crippen molar-refractivity contribution in [2.45, 2.75) is 0 Å². The highest BCUT2D eigenvalue weighted by molar-refractivity contribution is 5.76. The molecule has 0 N–H and O–H groups in total. The van der Waals surface area contributed by atoms with Crippen molar-refractivity contribution in [3.8, 4) is 0 Å². The summed E-state index contributed by atoms with van der Waals surface area (Å²) in [6.07, 6.45) is 6.39. The lowest BCUT2D eigenvalue weighted by atomic mass is 10.3. The zero-order valence-electron chi connectivity index (χ0n) is 5.57.